The number of hydrogen-bond donors (Lipinski definition) is 0. The van der Waals surface area contributed by atoms with Crippen LogP contribution in [-0.2, 0) is 4.79 Å². The molecule has 80 valence electrons. The fourth-order valence-corrected chi connectivity index (χ4v) is 2.67. The van der Waals surface area contributed by atoms with Crippen molar-refractivity contribution in [1.29, 1.82) is 0 Å². The molecule has 2 unspecified atom stereocenters. The van der Waals surface area contributed by atoms with Gasteiger partial charge in [0, 0.05) is 32.0 Å². The van der Waals surface area contributed by atoms with Crippen LogP contribution in [-0.4, -0.2) is 41.0 Å². The molecule has 0 spiro atoms. The molecule has 0 N–H and O–H groups in total. The Kier molecular flexibility index (Phi) is 2.52. The summed E-state index contributed by atoms with van der Waals surface area (Å²) in [6.07, 6.45) is 2.30. The van der Waals surface area contributed by atoms with Gasteiger partial charge in [-0.25, -0.2) is 0 Å². The van der Waals surface area contributed by atoms with Gasteiger partial charge >= 0.3 is 0 Å². The van der Waals surface area contributed by atoms with Gasteiger partial charge in [-0.1, -0.05) is 20.8 Å². The highest BCUT2D eigenvalue weighted by Gasteiger charge is 2.51. The van der Waals surface area contributed by atoms with Crippen LogP contribution in [0.1, 0.15) is 33.6 Å². The van der Waals surface area contributed by atoms with E-state index in [1.165, 1.54) is 6.42 Å². The maximum atomic E-state index is 11.6. The van der Waals surface area contributed by atoms with Gasteiger partial charge in [0.15, 0.2) is 0 Å². The van der Waals surface area contributed by atoms with E-state index < -0.39 is 0 Å². The van der Waals surface area contributed by atoms with Crippen molar-refractivity contribution in [3.63, 3.8) is 0 Å². The second-order valence-electron chi connectivity index (χ2n) is 4.87. The smallest absolute Gasteiger partial charge is 0.223 e. The fourth-order valence-electron chi connectivity index (χ4n) is 2.67. The summed E-state index contributed by atoms with van der Waals surface area (Å²) in [5, 5.41) is 0. The largest absolute Gasteiger partial charge is 0.322 e. The Bertz CT molecular complexity index is 239. The van der Waals surface area contributed by atoms with Gasteiger partial charge in [0.25, 0.3) is 0 Å². The molecule has 0 aromatic heterocycles. The molecule has 14 heavy (non-hydrogen) atoms. The number of rotatable bonds is 3. The summed E-state index contributed by atoms with van der Waals surface area (Å²) in [6.45, 7) is 8.67. The van der Waals surface area contributed by atoms with Gasteiger partial charge in [0.05, 0.1) is 6.17 Å². The second kappa shape index (κ2) is 3.54. The van der Waals surface area contributed by atoms with Crippen LogP contribution in [0.15, 0.2) is 0 Å². The molecule has 0 aliphatic carbocycles. The number of carbonyl (C=O) groups is 1. The van der Waals surface area contributed by atoms with Crippen LogP contribution in [0.4, 0.5) is 0 Å². The molecule has 3 aliphatic rings. The van der Waals surface area contributed by atoms with E-state index >= 15 is 0 Å². The third kappa shape index (κ3) is 1.44. The molecule has 3 aliphatic heterocycles. The highest BCUT2D eigenvalue weighted by atomic mass is 16.2. The maximum absolute atomic E-state index is 11.6. The Morgan fingerprint density at radius 2 is 2.21 bits per heavy atom. The van der Waals surface area contributed by atoms with Crippen LogP contribution in [0.2, 0.25) is 0 Å². The first-order chi connectivity index (χ1) is 6.63. The van der Waals surface area contributed by atoms with Gasteiger partial charge in [0.1, 0.15) is 0 Å². The molecular weight excluding hydrogens is 176 g/mol. The first-order valence-electron chi connectivity index (χ1n) is 5.68. The van der Waals surface area contributed by atoms with Crippen molar-refractivity contribution in [2.75, 3.05) is 13.1 Å². The normalized spacial score (nSPS) is 31.0. The third-order valence-electron chi connectivity index (χ3n) is 3.25. The van der Waals surface area contributed by atoms with Crippen LogP contribution in [0.25, 0.3) is 0 Å². The van der Waals surface area contributed by atoms with Crippen molar-refractivity contribution < 1.29 is 4.79 Å². The van der Waals surface area contributed by atoms with Crippen molar-refractivity contribution >= 4 is 5.91 Å². The third-order valence-corrected chi connectivity index (χ3v) is 3.25. The standard InChI is InChI=1S/C11H20N2O/c1-4-11(14)13-9-5-10(13)12(7-9)6-8(2)3/h8-10H,4-7H2,1-3H3. The zero-order valence-electron chi connectivity index (χ0n) is 9.36. The number of carbonyl (C=O) groups excluding carboxylic acids is 1. The van der Waals surface area contributed by atoms with Crippen LogP contribution < -0.4 is 0 Å². The molecule has 3 saturated heterocycles. The van der Waals surface area contributed by atoms with Crippen molar-refractivity contribution in [2.24, 2.45) is 5.92 Å². The molecule has 0 saturated carbocycles. The summed E-state index contributed by atoms with van der Waals surface area (Å²) >= 11 is 0. The Morgan fingerprint density at radius 1 is 1.50 bits per heavy atom. The molecule has 2 bridgehead atoms. The number of fused-ring (bicyclic) bond motifs is 1. The Hall–Kier alpha value is -0.570. The van der Waals surface area contributed by atoms with Crippen molar-refractivity contribution in [3.8, 4) is 0 Å². The number of nitrogens with zero attached hydrogens (tertiary/aromatic N) is 2. The molecule has 2 atom stereocenters. The first-order valence-corrected chi connectivity index (χ1v) is 5.68. The molecule has 0 aromatic rings. The number of hydrogen-bond acceptors (Lipinski definition) is 2. The van der Waals surface area contributed by atoms with Gasteiger partial charge in [-0.15, -0.1) is 0 Å². The van der Waals surface area contributed by atoms with E-state index in [-0.39, 0.29) is 0 Å². The predicted molar refractivity (Wildman–Crippen MR) is 55.7 cm³/mol. The van der Waals surface area contributed by atoms with Gasteiger partial charge in [-0.2, -0.15) is 0 Å². The summed E-state index contributed by atoms with van der Waals surface area (Å²) in [5.74, 6) is 1.03. The van der Waals surface area contributed by atoms with Crippen LogP contribution in [0.3, 0.4) is 0 Å². The van der Waals surface area contributed by atoms with Crippen molar-refractivity contribution in [3.05, 3.63) is 0 Å². The molecule has 3 rings (SSSR count). The summed E-state index contributed by atoms with van der Waals surface area (Å²) in [4.78, 5) is 16.1. The fraction of sp³-hybridized carbons (Fsp3) is 0.909. The van der Waals surface area contributed by atoms with Gasteiger partial charge in [-0.3, -0.25) is 9.69 Å². The van der Waals surface area contributed by atoms with E-state index in [1.807, 2.05) is 6.92 Å². The molecule has 3 nitrogen and oxygen atoms in total. The van der Waals surface area contributed by atoms with E-state index in [9.17, 15) is 4.79 Å². The molecule has 0 aromatic carbocycles. The molecule has 3 heteroatoms. The molecular formula is C11H20N2O. The minimum Gasteiger partial charge on any atom is -0.322 e. The molecule has 0 radical (unpaired) electrons. The van der Waals surface area contributed by atoms with E-state index in [0.29, 0.717) is 30.5 Å². The minimum atomic E-state index is 0.331. The summed E-state index contributed by atoms with van der Waals surface area (Å²) in [6, 6.07) is 0.534. The van der Waals surface area contributed by atoms with Gasteiger partial charge in [0.2, 0.25) is 5.91 Å². The molecule has 1 amide bonds. The topological polar surface area (TPSA) is 23.6 Å². The Balaban J connectivity index is 1.94. The van der Waals surface area contributed by atoms with Crippen molar-refractivity contribution in [1.82, 2.24) is 9.80 Å². The zero-order chi connectivity index (χ0) is 10.3. The Morgan fingerprint density at radius 3 is 2.79 bits per heavy atom. The Labute approximate surface area is 86.1 Å². The minimum absolute atomic E-state index is 0.331. The molecule has 3 fully saturated rings. The second-order valence-corrected chi connectivity index (χ2v) is 4.87. The van der Waals surface area contributed by atoms with Gasteiger partial charge in [-0.05, 0) is 5.92 Å². The average Bonchev–Trinajstić information content (AvgIpc) is 2.59. The van der Waals surface area contributed by atoms with E-state index in [1.54, 1.807) is 0 Å². The lowest BCUT2D eigenvalue weighted by Crippen LogP contribution is -2.54. The average molecular weight is 196 g/mol. The molecule has 3 heterocycles. The lowest BCUT2D eigenvalue weighted by atomic mass is 10.0. The zero-order valence-corrected chi connectivity index (χ0v) is 9.36. The highest BCUT2D eigenvalue weighted by molar-refractivity contribution is 5.77. The van der Waals surface area contributed by atoms with Crippen molar-refractivity contribution in [2.45, 2.75) is 45.8 Å². The summed E-state index contributed by atoms with van der Waals surface area (Å²) in [5.41, 5.74) is 0. The quantitative estimate of drug-likeness (QED) is 0.679. The van der Waals surface area contributed by atoms with E-state index in [4.69, 9.17) is 0 Å². The van der Waals surface area contributed by atoms with E-state index in [0.717, 1.165) is 13.1 Å². The monoisotopic (exact) mass is 196 g/mol. The highest BCUT2D eigenvalue weighted by Crippen LogP contribution is 2.37. The van der Waals surface area contributed by atoms with Crippen LogP contribution >= 0.6 is 0 Å². The van der Waals surface area contributed by atoms with Crippen LogP contribution in [0.5, 0.6) is 0 Å². The maximum Gasteiger partial charge on any atom is 0.223 e. The van der Waals surface area contributed by atoms with Gasteiger partial charge < -0.3 is 4.90 Å². The SMILES string of the molecule is CCC(=O)N1C2CC1N(CC(C)C)C2. The first kappa shape index (κ1) is 9.97. The lowest BCUT2D eigenvalue weighted by molar-refractivity contribution is -0.142. The lowest BCUT2D eigenvalue weighted by Gasteiger charge is -2.41. The predicted octanol–water partition coefficient (Wildman–Crippen LogP) is 1.30. The number of amides is 1. The van der Waals surface area contributed by atoms with E-state index in [2.05, 4.69) is 23.6 Å². The van der Waals surface area contributed by atoms with Crippen LogP contribution in [0, 0.1) is 5.92 Å². The summed E-state index contributed by atoms with van der Waals surface area (Å²) in [7, 11) is 0. The summed E-state index contributed by atoms with van der Waals surface area (Å²) < 4.78 is 0.